The molecule has 3 heteroatoms. The molecule has 1 aromatic rings. The molecule has 0 spiro atoms. The summed E-state index contributed by atoms with van der Waals surface area (Å²) in [4.78, 5) is 11.1. The predicted molar refractivity (Wildman–Crippen MR) is 68.9 cm³/mol. The van der Waals surface area contributed by atoms with Gasteiger partial charge < -0.3 is 10.1 Å². The highest BCUT2D eigenvalue weighted by Crippen LogP contribution is 2.26. The fraction of sp³-hybridized carbons (Fsp3) is 0.500. The van der Waals surface area contributed by atoms with E-state index < -0.39 is 0 Å². The van der Waals surface area contributed by atoms with Crippen molar-refractivity contribution in [1.82, 2.24) is 5.32 Å². The minimum absolute atomic E-state index is 0.0325. The molecule has 17 heavy (non-hydrogen) atoms. The van der Waals surface area contributed by atoms with E-state index >= 15 is 0 Å². The number of rotatable bonds is 5. The molecule has 0 bridgehead atoms. The van der Waals surface area contributed by atoms with Gasteiger partial charge in [0.05, 0.1) is 13.7 Å². The van der Waals surface area contributed by atoms with Gasteiger partial charge in [0, 0.05) is 11.5 Å². The van der Waals surface area contributed by atoms with Crippen LogP contribution in [0.1, 0.15) is 26.3 Å². The number of benzene rings is 1. The van der Waals surface area contributed by atoms with Gasteiger partial charge in [-0.25, -0.2) is 0 Å². The Balaban J connectivity index is 2.67. The maximum Gasteiger partial charge on any atom is 0.319 e. The molecule has 1 N–H and O–H groups in total. The Bertz CT molecular complexity index is 360. The summed E-state index contributed by atoms with van der Waals surface area (Å²) in [5, 5.41) is 3.20. The molecule has 0 aliphatic heterocycles. The van der Waals surface area contributed by atoms with E-state index in [9.17, 15) is 4.79 Å². The summed E-state index contributed by atoms with van der Waals surface area (Å²) in [6.45, 7) is 6.65. The highest BCUT2D eigenvalue weighted by Gasteiger charge is 2.27. The average molecular weight is 235 g/mol. The molecule has 0 saturated carbocycles. The van der Waals surface area contributed by atoms with Crippen molar-refractivity contribution in [3.05, 3.63) is 35.9 Å². The van der Waals surface area contributed by atoms with Gasteiger partial charge in [-0.2, -0.15) is 0 Å². The van der Waals surface area contributed by atoms with Crippen LogP contribution in [0, 0.1) is 0 Å². The van der Waals surface area contributed by atoms with E-state index in [1.807, 2.05) is 18.2 Å². The van der Waals surface area contributed by atoms with E-state index in [4.69, 9.17) is 0 Å². The smallest absolute Gasteiger partial charge is 0.319 e. The number of hydrogen-bond donors (Lipinski definition) is 1. The summed E-state index contributed by atoms with van der Waals surface area (Å²) < 4.78 is 4.62. The van der Waals surface area contributed by atoms with Gasteiger partial charge in [0.2, 0.25) is 0 Å². The van der Waals surface area contributed by atoms with Gasteiger partial charge in [0.25, 0.3) is 0 Å². The molecule has 0 aliphatic rings. The zero-order valence-electron chi connectivity index (χ0n) is 11.0. The second kappa shape index (κ2) is 5.82. The van der Waals surface area contributed by atoms with Crippen LogP contribution in [-0.2, 0) is 14.9 Å². The van der Waals surface area contributed by atoms with Crippen molar-refractivity contribution in [3.8, 4) is 0 Å². The zero-order chi connectivity index (χ0) is 12.9. The van der Waals surface area contributed by atoms with Gasteiger partial charge in [-0.3, -0.25) is 4.79 Å². The maximum atomic E-state index is 11.1. The quantitative estimate of drug-likeness (QED) is 0.794. The van der Waals surface area contributed by atoms with Crippen molar-refractivity contribution in [3.63, 3.8) is 0 Å². The van der Waals surface area contributed by atoms with E-state index in [-0.39, 0.29) is 24.0 Å². The van der Waals surface area contributed by atoms with Crippen LogP contribution < -0.4 is 5.32 Å². The first-order valence-corrected chi connectivity index (χ1v) is 5.84. The molecule has 1 atom stereocenters. The number of nitrogens with one attached hydrogen (secondary N) is 1. The molecule has 0 heterocycles. The van der Waals surface area contributed by atoms with Crippen molar-refractivity contribution < 1.29 is 9.53 Å². The summed E-state index contributed by atoms with van der Waals surface area (Å²) in [5.74, 6) is -0.235. The fourth-order valence-electron chi connectivity index (χ4n) is 1.68. The molecule has 94 valence electrons. The highest BCUT2D eigenvalue weighted by molar-refractivity contribution is 5.71. The fourth-order valence-corrected chi connectivity index (χ4v) is 1.68. The van der Waals surface area contributed by atoms with Crippen LogP contribution in [0.4, 0.5) is 0 Å². The number of esters is 1. The molecule has 0 amide bonds. The number of carbonyl (C=O) groups excluding carboxylic acids is 1. The standard InChI is InChI=1S/C14H21NO2/c1-11(15-10-13(16)17-4)14(2,3)12-8-6-5-7-9-12/h5-9,11,15H,10H2,1-4H3/t11-/m0/s1. The normalized spacial score (nSPS) is 13.2. The van der Waals surface area contributed by atoms with Crippen LogP contribution in [-0.4, -0.2) is 25.7 Å². The maximum absolute atomic E-state index is 11.1. The highest BCUT2D eigenvalue weighted by atomic mass is 16.5. The van der Waals surface area contributed by atoms with E-state index in [1.54, 1.807) is 0 Å². The second-order valence-electron chi connectivity index (χ2n) is 4.77. The topological polar surface area (TPSA) is 38.3 Å². The summed E-state index contributed by atoms with van der Waals surface area (Å²) >= 11 is 0. The molecule has 0 unspecified atom stereocenters. The van der Waals surface area contributed by atoms with E-state index in [1.165, 1.54) is 12.7 Å². The lowest BCUT2D eigenvalue weighted by Gasteiger charge is -2.33. The van der Waals surface area contributed by atoms with E-state index in [2.05, 4.69) is 43.0 Å². The lowest BCUT2D eigenvalue weighted by Crippen LogP contribution is -2.44. The Morgan fingerprint density at radius 3 is 2.47 bits per heavy atom. The van der Waals surface area contributed by atoms with Gasteiger partial charge in [-0.1, -0.05) is 44.2 Å². The Hall–Kier alpha value is -1.35. The molecule has 0 saturated heterocycles. The van der Waals surface area contributed by atoms with Crippen molar-refractivity contribution in [2.24, 2.45) is 0 Å². The van der Waals surface area contributed by atoms with Crippen LogP contribution >= 0.6 is 0 Å². The Morgan fingerprint density at radius 1 is 1.35 bits per heavy atom. The van der Waals surface area contributed by atoms with Crippen molar-refractivity contribution in [2.75, 3.05) is 13.7 Å². The SMILES string of the molecule is COC(=O)CN[C@@H](C)C(C)(C)c1ccccc1. The Morgan fingerprint density at radius 2 is 1.94 bits per heavy atom. The van der Waals surface area contributed by atoms with E-state index in [0.29, 0.717) is 0 Å². The first-order chi connectivity index (χ1) is 7.98. The minimum Gasteiger partial charge on any atom is -0.468 e. The molecule has 3 nitrogen and oxygen atoms in total. The number of hydrogen-bond acceptors (Lipinski definition) is 3. The average Bonchev–Trinajstić information content (AvgIpc) is 2.36. The third kappa shape index (κ3) is 3.56. The van der Waals surface area contributed by atoms with Crippen LogP contribution in [0.3, 0.4) is 0 Å². The summed E-state index contributed by atoms with van der Waals surface area (Å²) in [6, 6.07) is 10.5. The predicted octanol–water partition coefficient (Wildman–Crippen LogP) is 2.12. The summed E-state index contributed by atoms with van der Waals surface area (Å²) in [6.07, 6.45) is 0. The van der Waals surface area contributed by atoms with Gasteiger partial charge >= 0.3 is 5.97 Å². The monoisotopic (exact) mass is 235 g/mol. The summed E-state index contributed by atoms with van der Waals surface area (Å²) in [5.41, 5.74) is 1.22. The minimum atomic E-state index is -0.235. The van der Waals surface area contributed by atoms with Gasteiger partial charge in [0.1, 0.15) is 0 Å². The second-order valence-corrected chi connectivity index (χ2v) is 4.77. The number of methoxy groups -OCH3 is 1. The third-order valence-electron chi connectivity index (χ3n) is 3.38. The van der Waals surface area contributed by atoms with Gasteiger partial charge in [0.15, 0.2) is 0 Å². The number of ether oxygens (including phenoxy) is 1. The molecular formula is C14H21NO2. The molecule has 0 aliphatic carbocycles. The van der Waals surface area contributed by atoms with Crippen molar-refractivity contribution in [2.45, 2.75) is 32.2 Å². The van der Waals surface area contributed by atoms with Crippen LogP contribution in [0.15, 0.2) is 30.3 Å². The van der Waals surface area contributed by atoms with Crippen molar-refractivity contribution >= 4 is 5.97 Å². The Labute approximate surface area is 103 Å². The third-order valence-corrected chi connectivity index (χ3v) is 3.38. The lowest BCUT2D eigenvalue weighted by molar-refractivity contribution is -0.139. The number of carbonyl (C=O) groups is 1. The lowest BCUT2D eigenvalue weighted by atomic mass is 9.78. The molecule has 1 aromatic carbocycles. The first-order valence-electron chi connectivity index (χ1n) is 5.84. The Kier molecular flexibility index (Phi) is 4.70. The van der Waals surface area contributed by atoms with Crippen molar-refractivity contribution in [1.29, 1.82) is 0 Å². The van der Waals surface area contributed by atoms with Crippen LogP contribution in [0.25, 0.3) is 0 Å². The zero-order valence-corrected chi connectivity index (χ0v) is 11.0. The molecular weight excluding hydrogens is 214 g/mol. The molecule has 1 rings (SSSR count). The molecule has 0 fully saturated rings. The van der Waals surface area contributed by atoms with Crippen LogP contribution in [0.5, 0.6) is 0 Å². The largest absolute Gasteiger partial charge is 0.468 e. The van der Waals surface area contributed by atoms with Crippen LogP contribution in [0.2, 0.25) is 0 Å². The van der Waals surface area contributed by atoms with Gasteiger partial charge in [-0.15, -0.1) is 0 Å². The van der Waals surface area contributed by atoms with Gasteiger partial charge in [-0.05, 0) is 12.5 Å². The summed E-state index contributed by atoms with van der Waals surface area (Å²) in [7, 11) is 1.40. The first kappa shape index (κ1) is 13.7. The van der Waals surface area contributed by atoms with E-state index in [0.717, 1.165) is 0 Å². The molecule has 0 aromatic heterocycles. The molecule has 0 radical (unpaired) electrons.